The summed E-state index contributed by atoms with van der Waals surface area (Å²) in [6.07, 6.45) is -1.32. The van der Waals surface area contributed by atoms with Crippen LogP contribution in [0, 0.1) is 5.82 Å². The molecule has 0 fully saturated rings. The summed E-state index contributed by atoms with van der Waals surface area (Å²) >= 11 is 5.38. The van der Waals surface area contributed by atoms with Gasteiger partial charge in [-0.2, -0.15) is 13.2 Å². The third-order valence-electron chi connectivity index (χ3n) is 1.89. The lowest BCUT2D eigenvalue weighted by atomic mass is 10.1. The lowest BCUT2D eigenvalue weighted by molar-refractivity contribution is -0.137. The topological polar surface area (TPSA) is 0 Å². The van der Waals surface area contributed by atoms with Crippen LogP contribution in [0.15, 0.2) is 24.3 Å². The van der Waals surface area contributed by atoms with Gasteiger partial charge in [-0.05, 0) is 30.2 Å². The van der Waals surface area contributed by atoms with Crippen molar-refractivity contribution < 1.29 is 17.6 Å². The monoisotopic (exact) mass is 252 g/mol. The summed E-state index contributed by atoms with van der Waals surface area (Å²) in [5, 5.41) is 0. The second kappa shape index (κ2) is 5.34. The van der Waals surface area contributed by atoms with E-state index in [2.05, 4.69) is 0 Å². The highest BCUT2D eigenvalue weighted by molar-refractivity contribution is 6.17. The van der Waals surface area contributed by atoms with E-state index >= 15 is 0 Å². The van der Waals surface area contributed by atoms with Crippen molar-refractivity contribution in [1.29, 1.82) is 0 Å². The molecule has 16 heavy (non-hydrogen) atoms. The molecule has 1 aromatic carbocycles. The van der Waals surface area contributed by atoms with Gasteiger partial charge < -0.3 is 0 Å². The van der Waals surface area contributed by atoms with Gasteiger partial charge in [0.05, 0.1) is 5.56 Å². The SMILES string of the molecule is Fc1ccc(C(F)(F)F)c(C=CCCCl)c1. The fourth-order valence-corrected chi connectivity index (χ4v) is 1.33. The number of alkyl halides is 4. The minimum Gasteiger partial charge on any atom is -0.207 e. The Hall–Kier alpha value is -1.03. The molecule has 0 unspecified atom stereocenters. The van der Waals surface area contributed by atoms with Crippen LogP contribution in [0.3, 0.4) is 0 Å². The fourth-order valence-electron chi connectivity index (χ4n) is 1.20. The van der Waals surface area contributed by atoms with E-state index in [0.717, 1.165) is 18.2 Å². The molecule has 5 heteroatoms. The molecule has 88 valence electrons. The minimum atomic E-state index is -4.48. The van der Waals surface area contributed by atoms with Gasteiger partial charge in [0.25, 0.3) is 0 Å². The molecule has 0 radical (unpaired) electrons. The van der Waals surface area contributed by atoms with E-state index in [4.69, 9.17) is 11.6 Å². The van der Waals surface area contributed by atoms with Crippen molar-refractivity contribution in [2.24, 2.45) is 0 Å². The predicted molar refractivity (Wildman–Crippen MR) is 55.8 cm³/mol. The molecule has 1 aromatic rings. The molecule has 0 saturated carbocycles. The average molecular weight is 253 g/mol. The van der Waals surface area contributed by atoms with Crippen molar-refractivity contribution in [3.63, 3.8) is 0 Å². The summed E-state index contributed by atoms with van der Waals surface area (Å²) < 4.78 is 50.3. The first-order valence-corrected chi connectivity index (χ1v) is 5.08. The van der Waals surface area contributed by atoms with E-state index in [0.29, 0.717) is 12.3 Å². The second-order valence-electron chi connectivity index (χ2n) is 3.11. The maximum Gasteiger partial charge on any atom is 0.416 e. The Morgan fingerprint density at radius 1 is 1.25 bits per heavy atom. The molecular formula is C11H9ClF4. The maximum atomic E-state index is 12.8. The van der Waals surface area contributed by atoms with Gasteiger partial charge >= 0.3 is 6.18 Å². The van der Waals surface area contributed by atoms with E-state index in [1.54, 1.807) is 0 Å². The number of halogens is 5. The molecule has 0 amide bonds. The Morgan fingerprint density at radius 3 is 2.50 bits per heavy atom. The number of benzene rings is 1. The van der Waals surface area contributed by atoms with E-state index in [9.17, 15) is 17.6 Å². The number of rotatable bonds is 3. The molecule has 0 aliphatic heterocycles. The standard InChI is InChI=1S/C11H9ClF4/c12-6-2-1-3-8-7-9(13)4-5-10(8)11(14,15)16/h1,3-5,7H,2,6H2. The number of hydrogen-bond acceptors (Lipinski definition) is 0. The van der Waals surface area contributed by atoms with Crippen LogP contribution < -0.4 is 0 Å². The Bertz CT molecular complexity index is 382. The van der Waals surface area contributed by atoms with Crippen LogP contribution in [-0.4, -0.2) is 5.88 Å². The van der Waals surface area contributed by atoms with Crippen molar-refractivity contribution >= 4 is 17.7 Å². The van der Waals surface area contributed by atoms with Crippen LogP contribution in [-0.2, 0) is 6.18 Å². The third kappa shape index (κ3) is 3.52. The van der Waals surface area contributed by atoms with Gasteiger partial charge in [0.15, 0.2) is 0 Å². The normalized spacial score (nSPS) is 12.3. The first-order valence-electron chi connectivity index (χ1n) is 4.54. The molecule has 0 saturated heterocycles. The Labute approximate surface area is 95.5 Å². The van der Waals surface area contributed by atoms with E-state index in [-0.39, 0.29) is 5.56 Å². The predicted octanol–water partition coefficient (Wildman–Crippen LogP) is 4.49. The van der Waals surface area contributed by atoms with Crippen LogP contribution in [0.2, 0.25) is 0 Å². The molecular weight excluding hydrogens is 244 g/mol. The maximum absolute atomic E-state index is 12.8. The zero-order valence-corrected chi connectivity index (χ0v) is 8.95. The molecule has 0 aliphatic carbocycles. The molecule has 0 heterocycles. The number of allylic oxidation sites excluding steroid dienone is 1. The lowest BCUT2D eigenvalue weighted by Crippen LogP contribution is -2.07. The van der Waals surface area contributed by atoms with E-state index in [1.165, 1.54) is 12.2 Å². The summed E-state index contributed by atoms with van der Waals surface area (Å²) in [5.74, 6) is -0.383. The molecule has 0 atom stereocenters. The van der Waals surface area contributed by atoms with E-state index in [1.807, 2.05) is 0 Å². The summed E-state index contributed by atoms with van der Waals surface area (Å²) in [4.78, 5) is 0. The molecule has 0 aliphatic rings. The summed E-state index contributed by atoms with van der Waals surface area (Å²) in [7, 11) is 0. The van der Waals surface area contributed by atoms with Crippen molar-refractivity contribution in [1.82, 2.24) is 0 Å². The highest BCUT2D eigenvalue weighted by Gasteiger charge is 2.32. The Morgan fingerprint density at radius 2 is 1.94 bits per heavy atom. The average Bonchev–Trinajstić information content (AvgIpc) is 2.16. The van der Waals surface area contributed by atoms with Gasteiger partial charge in [0, 0.05) is 5.88 Å². The summed E-state index contributed by atoms with van der Waals surface area (Å²) in [5.41, 5.74) is -1.03. The van der Waals surface area contributed by atoms with Crippen LogP contribution in [0.25, 0.3) is 6.08 Å². The first-order chi connectivity index (χ1) is 7.45. The molecule has 0 spiro atoms. The van der Waals surface area contributed by atoms with Gasteiger partial charge in [-0.1, -0.05) is 12.2 Å². The quantitative estimate of drug-likeness (QED) is 0.549. The molecule has 1 rings (SSSR count). The highest BCUT2D eigenvalue weighted by Crippen LogP contribution is 2.32. The Kier molecular flexibility index (Phi) is 4.35. The highest BCUT2D eigenvalue weighted by atomic mass is 35.5. The van der Waals surface area contributed by atoms with Crippen LogP contribution in [0.5, 0.6) is 0 Å². The molecule has 0 aromatic heterocycles. The minimum absolute atomic E-state index is 0.183. The van der Waals surface area contributed by atoms with Gasteiger partial charge in [-0.25, -0.2) is 4.39 Å². The number of hydrogen-bond donors (Lipinski definition) is 0. The van der Waals surface area contributed by atoms with Gasteiger partial charge in [-0.3, -0.25) is 0 Å². The second-order valence-corrected chi connectivity index (χ2v) is 3.49. The van der Waals surface area contributed by atoms with Crippen LogP contribution in [0.4, 0.5) is 17.6 Å². The fraction of sp³-hybridized carbons (Fsp3) is 0.273. The lowest BCUT2D eigenvalue weighted by Gasteiger charge is -2.09. The first kappa shape index (κ1) is 13.0. The van der Waals surface area contributed by atoms with Gasteiger partial charge in [0.1, 0.15) is 5.82 Å². The zero-order chi connectivity index (χ0) is 12.2. The van der Waals surface area contributed by atoms with Crippen molar-refractivity contribution in [3.8, 4) is 0 Å². The van der Waals surface area contributed by atoms with Crippen molar-refractivity contribution in [2.45, 2.75) is 12.6 Å². The third-order valence-corrected chi connectivity index (χ3v) is 2.11. The van der Waals surface area contributed by atoms with Gasteiger partial charge in [0.2, 0.25) is 0 Å². The molecule has 0 N–H and O–H groups in total. The Balaban J connectivity index is 3.09. The van der Waals surface area contributed by atoms with E-state index < -0.39 is 17.6 Å². The van der Waals surface area contributed by atoms with Crippen molar-refractivity contribution in [3.05, 3.63) is 41.2 Å². The summed E-state index contributed by atoms with van der Waals surface area (Å²) in [6.45, 7) is 0. The summed E-state index contributed by atoms with van der Waals surface area (Å²) in [6, 6.07) is 2.38. The molecule has 0 bridgehead atoms. The van der Waals surface area contributed by atoms with Crippen LogP contribution >= 0.6 is 11.6 Å². The smallest absolute Gasteiger partial charge is 0.207 e. The largest absolute Gasteiger partial charge is 0.416 e. The molecule has 0 nitrogen and oxygen atoms in total. The van der Waals surface area contributed by atoms with Gasteiger partial charge in [-0.15, -0.1) is 11.6 Å². The van der Waals surface area contributed by atoms with Crippen molar-refractivity contribution in [2.75, 3.05) is 5.88 Å². The zero-order valence-electron chi connectivity index (χ0n) is 8.19. The van der Waals surface area contributed by atoms with Crippen LogP contribution in [0.1, 0.15) is 17.5 Å².